The molecule has 2 N–H and O–H groups in total. The van der Waals surface area contributed by atoms with Crippen molar-refractivity contribution >= 4 is 29.0 Å². The van der Waals surface area contributed by atoms with Gasteiger partial charge in [0.1, 0.15) is 5.82 Å². The summed E-state index contributed by atoms with van der Waals surface area (Å²) in [5, 5.41) is 6.59. The number of benzene rings is 1. The Bertz CT molecular complexity index is 614. The third kappa shape index (κ3) is 5.04. The van der Waals surface area contributed by atoms with Gasteiger partial charge in [-0.05, 0) is 36.8 Å². The van der Waals surface area contributed by atoms with E-state index < -0.39 is 0 Å². The number of hydrogen-bond acceptors (Lipinski definition) is 3. The number of halogens is 1. The Balaban J connectivity index is 1.89. The number of rotatable bonds is 7. The largest absolute Gasteiger partial charge is 0.384 e. The Labute approximate surface area is 135 Å². The molecule has 0 aliphatic carbocycles. The molecular formula is C17H20ClN3O. The second kappa shape index (κ2) is 8.39. The number of pyridine rings is 1. The number of aromatic nitrogens is 1. The van der Waals surface area contributed by atoms with Crippen LogP contribution >= 0.6 is 11.6 Å². The second-order valence-electron chi connectivity index (χ2n) is 5.03. The van der Waals surface area contributed by atoms with Gasteiger partial charge in [0.15, 0.2) is 0 Å². The lowest BCUT2D eigenvalue weighted by atomic mass is 10.2. The standard InChI is InChI=1S/C17H20ClN3O/c1-2-3-4-10-19-15-8-9-16(20-12-15)21-17(22)13-6-5-7-14(18)11-13/h5-9,11-12,19H,2-4,10H2,1H3,(H,20,21,22). The summed E-state index contributed by atoms with van der Waals surface area (Å²) in [5.41, 5.74) is 1.47. The van der Waals surface area contributed by atoms with Crippen molar-refractivity contribution in [2.45, 2.75) is 26.2 Å². The summed E-state index contributed by atoms with van der Waals surface area (Å²) in [6, 6.07) is 10.5. The summed E-state index contributed by atoms with van der Waals surface area (Å²) in [5.74, 6) is 0.294. The first kappa shape index (κ1) is 16.3. The van der Waals surface area contributed by atoms with Gasteiger partial charge in [0.05, 0.1) is 11.9 Å². The van der Waals surface area contributed by atoms with Crippen molar-refractivity contribution in [3.8, 4) is 0 Å². The minimum atomic E-state index is -0.223. The Morgan fingerprint density at radius 1 is 1.23 bits per heavy atom. The fourth-order valence-corrected chi connectivity index (χ4v) is 2.19. The molecule has 0 saturated heterocycles. The van der Waals surface area contributed by atoms with Crippen LogP contribution in [0.4, 0.5) is 11.5 Å². The van der Waals surface area contributed by atoms with E-state index in [0.29, 0.717) is 16.4 Å². The summed E-state index contributed by atoms with van der Waals surface area (Å²) in [7, 11) is 0. The van der Waals surface area contributed by atoms with Gasteiger partial charge in [-0.3, -0.25) is 4.79 Å². The number of unbranched alkanes of at least 4 members (excludes halogenated alkanes) is 2. The predicted molar refractivity (Wildman–Crippen MR) is 91.7 cm³/mol. The number of carbonyl (C=O) groups excluding carboxylic acids is 1. The van der Waals surface area contributed by atoms with E-state index in [2.05, 4.69) is 22.5 Å². The summed E-state index contributed by atoms with van der Waals surface area (Å²) in [6.07, 6.45) is 5.28. The van der Waals surface area contributed by atoms with Crippen LogP contribution in [0.15, 0.2) is 42.6 Å². The molecule has 1 heterocycles. The van der Waals surface area contributed by atoms with Gasteiger partial charge in [-0.1, -0.05) is 37.4 Å². The molecule has 0 unspecified atom stereocenters. The molecule has 4 nitrogen and oxygen atoms in total. The Hall–Kier alpha value is -2.07. The van der Waals surface area contributed by atoms with Crippen LogP contribution in [0.3, 0.4) is 0 Å². The monoisotopic (exact) mass is 317 g/mol. The third-order valence-corrected chi connectivity index (χ3v) is 3.44. The van der Waals surface area contributed by atoms with Crippen molar-refractivity contribution in [1.82, 2.24) is 4.98 Å². The number of nitrogens with one attached hydrogen (secondary N) is 2. The average molecular weight is 318 g/mol. The number of nitrogens with zero attached hydrogens (tertiary/aromatic N) is 1. The van der Waals surface area contributed by atoms with E-state index in [1.165, 1.54) is 12.8 Å². The lowest BCUT2D eigenvalue weighted by Crippen LogP contribution is -2.13. The molecule has 0 radical (unpaired) electrons. The van der Waals surface area contributed by atoms with Gasteiger partial charge in [0.25, 0.3) is 5.91 Å². The lowest BCUT2D eigenvalue weighted by molar-refractivity contribution is 0.102. The highest BCUT2D eigenvalue weighted by atomic mass is 35.5. The number of anilines is 2. The van der Waals surface area contributed by atoms with Gasteiger partial charge in [-0.15, -0.1) is 0 Å². The highest BCUT2D eigenvalue weighted by Crippen LogP contribution is 2.14. The van der Waals surface area contributed by atoms with Crippen LogP contribution in [0.5, 0.6) is 0 Å². The number of carbonyl (C=O) groups is 1. The van der Waals surface area contributed by atoms with Crippen molar-refractivity contribution in [2.24, 2.45) is 0 Å². The smallest absolute Gasteiger partial charge is 0.256 e. The summed E-state index contributed by atoms with van der Waals surface area (Å²) in [6.45, 7) is 3.11. The van der Waals surface area contributed by atoms with Gasteiger partial charge in [-0.25, -0.2) is 4.98 Å². The van der Waals surface area contributed by atoms with E-state index in [1.807, 2.05) is 6.07 Å². The van der Waals surface area contributed by atoms with Crippen molar-refractivity contribution in [3.63, 3.8) is 0 Å². The fraction of sp³-hybridized carbons (Fsp3) is 0.294. The van der Waals surface area contributed by atoms with Gasteiger partial charge in [0, 0.05) is 17.1 Å². The Morgan fingerprint density at radius 2 is 2.09 bits per heavy atom. The number of amides is 1. The van der Waals surface area contributed by atoms with E-state index in [-0.39, 0.29) is 5.91 Å². The topological polar surface area (TPSA) is 54.0 Å². The van der Waals surface area contributed by atoms with E-state index in [1.54, 1.807) is 36.5 Å². The lowest BCUT2D eigenvalue weighted by Gasteiger charge is -2.08. The number of hydrogen-bond donors (Lipinski definition) is 2. The second-order valence-corrected chi connectivity index (χ2v) is 5.47. The zero-order valence-electron chi connectivity index (χ0n) is 12.6. The van der Waals surface area contributed by atoms with Gasteiger partial charge < -0.3 is 10.6 Å². The maximum atomic E-state index is 12.1. The van der Waals surface area contributed by atoms with Crippen LogP contribution in [0.2, 0.25) is 5.02 Å². The molecule has 1 amide bonds. The predicted octanol–water partition coefficient (Wildman–Crippen LogP) is 4.59. The Kier molecular flexibility index (Phi) is 6.22. The van der Waals surface area contributed by atoms with Gasteiger partial charge in [0.2, 0.25) is 0 Å². The zero-order chi connectivity index (χ0) is 15.8. The molecule has 0 aliphatic rings. The molecule has 22 heavy (non-hydrogen) atoms. The van der Waals surface area contributed by atoms with Crippen molar-refractivity contribution in [2.75, 3.05) is 17.2 Å². The maximum Gasteiger partial charge on any atom is 0.256 e. The van der Waals surface area contributed by atoms with E-state index >= 15 is 0 Å². The molecule has 0 spiro atoms. The highest BCUT2D eigenvalue weighted by molar-refractivity contribution is 6.31. The molecule has 0 fully saturated rings. The van der Waals surface area contributed by atoms with Crippen LogP contribution in [0, 0.1) is 0 Å². The van der Waals surface area contributed by atoms with Crippen LogP contribution in [0.1, 0.15) is 36.5 Å². The van der Waals surface area contributed by atoms with E-state index in [9.17, 15) is 4.79 Å². The average Bonchev–Trinajstić information content (AvgIpc) is 2.53. The SMILES string of the molecule is CCCCCNc1ccc(NC(=O)c2cccc(Cl)c2)nc1. The zero-order valence-corrected chi connectivity index (χ0v) is 13.4. The molecule has 2 aromatic rings. The molecular weight excluding hydrogens is 298 g/mol. The molecule has 2 rings (SSSR count). The van der Waals surface area contributed by atoms with Gasteiger partial charge in [-0.2, -0.15) is 0 Å². The van der Waals surface area contributed by atoms with Crippen LogP contribution in [0.25, 0.3) is 0 Å². The molecule has 0 atom stereocenters. The maximum absolute atomic E-state index is 12.1. The highest BCUT2D eigenvalue weighted by Gasteiger charge is 2.07. The quantitative estimate of drug-likeness (QED) is 0.734. The van der Waals surface area contributed by atoms with Crippen molar-refractivity contribution in [1.29, 1.82) is 0 Å². The molecule has 116 valence electrons. The van der Waals surface area contributed by atoms with Crippen LogP contribution in [-0.4, -0.2) is 17.4 Å². The summed E-state index contributed by atoms with van der Waals surface area (Å²) >= 11 is 5.88. The van der Waals surface area contributed by atoms with Gasteiger partial charge >= 0.3 is 0 Å². The first-order valence-electron chi connectivity index (χ1n) is 7.46. The molecule has 1 aromatic carbocycles. The molecule has 0 bridgehead atoms. The third-order valence-electron chi connectivity index (χ3n) is 3.20. The first-order chi connectivity index (χ1) is 10.7. The first-order valence-corrected chi connectivity index (χ1v) is 7.83. The van der Waals surface area contributed by atoms with Crippen molar-refractivity contribution in [3.05, 3.63) is 53.2 Å². The van der Waals surface area contributed by atoms with E-state index in [4.69, 9.17) is 11.6 Å². The molecule has 0 saturated carbocycles. The van der Waals surface area contributed by atoms with E-state index in [0.717, 1.165) is 18.7 Å². The molecule has 0 aliphatic heterocycles. The van der Waals surface area contributed by atoms with Crippen LogP contribution < -0.4 is 10.6 Å². The minimum absolute atomic E-state index is 0.223. The molecule has 5 heteroatoms. The Morgan fingerprint density at radius 3 is 2.77 bits per heavy atom. The minimum Gasteiger partial charge on any atom is -0.384 e. The normalized spacial score (nSPS) is 10.3. The fourth-order valence-electron chi connectivity index (χ4n) is 2.00. The van der Waals surface area contributed by atoms with Crippen molar-refractivity contribution < 1.29 is 4.79 Å². The summed E-state index contributed by atoms with van der Waals surface area (Å²) < 4.78 is 0. The summed E-state index contributed by atoms with van der Waals surface area (Å²) in [4.78, 5) is 16.3. The van der Waals surface area contributed by atoms with Crippen LogP contribution in [-0.2, 0) is 0 Å². The molecule has 1 aromatic heterocycles.